The summed E-state index contributed by atoms with van der Waals surface area (Å²) in [6.45, 7) is 4.60. The Balaban J connectivity index is 2.38. The molecule has 0 bridgehead atoms. The number of aromatic nitrogens is 1. The van der Waals surface area contributed by atoms with Crippen LogP contribution in [0.1, 0.15) is 19.4 Å². The van der Waals surface area contributed by atoms with Gasteiger partial charge in [0.15, 0.2) is 0 Å². The fourth-order valence-electron chi connectivity index (χ4n) is 1.81. The van der Waals surface area contributed by atoms with Crippen LogP contribution in [-0.2, 0) is 6.54 Å². The van der Waals surface area contributed by atoms with Crippen molar-refractivity contribution in [3.63, 3.8) is 0 Å². The van der Waals surface area contributed by atoms with Gasteiger partial charge >= 0.3 is 0 Å². The highest BCUT2D eigenvalue weighted by atomic mass is 19.1. The summed E-state index contributed by atoms with van der Waals surface area (Å²) in [6, 6.07) is 11.1. The van der Waals surface area contributed by atoms with Crippen LogP contribution < -0.4 is 5.32 Å². The highest BCUT2D eigenvalue weighted by Gasteiger charge is 2.10. The first kappa shape index (κ1) is 12.7. The van der Waals surface area contributed by atoms with Crippen LogP contribution in [0.3, 0.4) is 0 Å². The van der Waals surface area contributed by atoms with Crippen molar-refractivity contribution in [1.82, 2.24) is 10.3 Å². The molecule has 2 aromatic rings. The Bertz CT molecular complexity index is 509. The maximum atomic E-state index is 13.9. The second kappa shape index (κ2) is 5.74. The van der Waals surface area contributed by atoms with E-state index in [0.29, 0.717) is 18.2 Å². The first-order valence-electron chi connectivity index (χ1n) is 6.10. The molecule has 0 saturated carbocycles. The van der Waals surface area contributed by atoms with E-state index < -0.39 is 0 Å². The van der Waals surface area contributed by atoms with E-state index >= 15 is 0 Å². The lowest BCUT2D eigenvalue weighted by atomic mass is 10.0. The van der Waals surface area contributed by atoms with Crippen molar-refractivity contribution < 1.29 is 4.39 Å². The molecule has 18 heavy (non-hydrogen) atoms. The standard InChI is InChI=1S/C15H17FN2/c1-11(2)18-10-13-12(6-5-7-14(13)16)15-8-3-4-9-17-15/h3-9,11,18H,10H2,1-2H3. The maximum Gasteiger partial charge on any atom is 0.128 e. The lowest BCUT2D eigenvalue weighted by molar-refractivity contribution is 0.554. The number of nitrogens with zero attached hydrogens (tertiary/aromatic N) is 1. The van der Waals surface area contributed by atoms with Crippen LogP contribution in [0, 0.1) is 5.82 Å². The van der Waals surface area contributed by atoms with Crippen molar-refractivity contribution in [3.8, 4) is 11.3 Å². The Morgan fingerprint density at radius 3 is 2.67 bits per heavy atom. The topological polar surface area (TPSA) is 24.9 Å². The van der Waals surface area contributed by atoms with Crippen LogP contribution in [0.15, 0.2) is 42.6 Å². The second-order valence-corrected chi connectivity index (χ2v) is 4.52. The predicted octanol–water partition coefficient (Wildman–Crippen LogP) is 3.39. The second-order valence-electron chi connectivity index (χ2n) is 4.52. The van der Waals surface area contributed by atoms with Crippen molar-refractivity contribution >= 4 is 0 Å². The molecule has 0 saturated heterocycles. The van der Waals surface area contributed by atoms with Crippen molar-refractivity contribution in [2.45, 2.75) is 26.4 Å². The fourth-order valence-corrected chi connectivity index (χ4v) is 1.81. The van der Waals surface area contributed by atoms with Gasteiger partial charge < -0.3 is 5.32 Å². The Morgan fingerprint density at radius 1 is 1.17 bits per heavy atom. The van der Waals surface area contributed by atoms with Crippen molar-refractivity contribution in [3.05, 3.63) is 54.0 Å². The monoisotopic (exact) mass is 244 g/mol. The molecule has 2 rings (SSSR count). The molecule has 0 spiro atoms. The number of hydrogen-bond donors (Lipinski definition) is 1. The summed E-state index contributed by atoms with van der Waals surface area (Å²) in [7, 11) is 0. The van der Waals surface area contributed by atoms with Crippen LogP contribution in [0.25, 0.3) is 11.3 Å². The molecular weight excluding hydrogens is 227 g/mol. The van der Waals surface area contributed by atoms with Gasteiger partial charge in [-0.1, -0.05) is 32.0 Å². The molecule has 0 atom stereocenters. The number of halogens is 1. The summed E-state index contributed by atoms with van der Waals surface area (Å²) in [6.07, 6.45) is 1.72. The first-order valence-corrected chi connectivity index (χ1v) is 6.10. The molecule has 1 aromatic heterocycles. The highest BCUT2D eigenvalue weighted by Crippen LogP contribution is 2.23. The average Bonchev–Trinajstić information content (AvgIpc) is 2.38. The average molecular weight is 244 g/mol. The van der Waals surface area contributed by atoms with E-state index in [1.54, 1.807) is 12.3 Å². The largest absolute Gasteiger partial charge is 0.310 e. The third-order valence-corrected chi connectivity index (χ3v) is 2.75. The summed E-state index contributed by atoms with van der Waals surface area (Å²) >= 11 is 0. The summed E-state index contributed by atoms with van der Waals surface area (Å²) in [5.74, 6) is -0.189. The van der Waals surface area contributed by atoms with Gasteiger partial charge in [-0.2, -0.15) is 0 Å². The lowest BCUT2D eigenvalue weighted by Crippen LogP contribution is -2.22. The molecule has 0 fully saturated rings. The Morgan fingerprint density at radius 2 is 2.00 bits per heavy atom. The van der Waals surface area contributed by atoms with Gasteiger partial charge in [0.1, 0.15) is 5.82 Å². The van der Waals surface area contributed by atoms with Gasteiger partial charge in [-0.3, -0.25) is 4.98 Å². The molecule has 1 N–H and O–H groups in total. The van der Waals surface area contributed by atoms with E-state index in [-0.39, 0.29) is 5.82 Å². The number of rotatable bonds is 4. The number of hydrogen-bond acceptors (Lipinski definition) is 2. The van der Waals surface area contributed by atoms with E-state index in [9.17, 15) is 4.39 Å². The summed E-state index contributed by atoms with van der Waals surface area (Å²) in [4.78, 5) is 4.28. The molecule has 3 heteroatoms. The van der Waals surface area contributed by atoms with Crippen LogP contribution in [0.2, 0.25) is 0 Å². The predicted molar refractivity (Wildman–Crippen MR) is 71.6 cm³/mol. The van der Waals surface area contributed by atoms with E-state index in [1.165, 1.54) is 6.07 Å². The molecule has 2 nitrogen and oxygen atoms in total. The molecule has 0 amide bonds. The molecule has 0 aliphatic heterocycles. The molecule has 1 heterocycles. The van der Waals surface area contributed by atoms with E-state index in [2.05, 4.69) is 10.3 Å². The fraction of sp³-hybridized carbons (Fsp3) is 0.267. The molecule has 94 valence electrons. The number of benzene rings is 1. The van der Waals surface area contributed by atoms with Gasteiger partial charge in [0.05, 0.1) is 5.69 Å². The van der Waals surface area contributed by atoms with E-state index in [0.717, 1.165) is 11.3 Å². The Labute approximate surface area is 107 Å². The van der Waals surface area contributed by atoms with E-state index in [4.69, 9.17) is 0 Å². The van der Waals surface area contributed by atoms with Crippen LogP contribution in [-0.4, -0.2) is 11.0 Å². The Kier molecular flexibility index (Phi) is 4.05. The zero-order valence-corrected chi connectivity index (χ0v) is 10.7. The lowest BCUT2D eigenvalue weighted by Gasteiger charge is -2.13. The van der Waals surface area contributed by atoms with Crippen molar-refractivity contribution in [2.75, 3.05) is 0 Å². The number of nitrogens with one attached hydrogen (secondary N) is 1. The first-order chi connectivity index (χ1) is 8.68. The summed E-state index contributed by atoms with van der Waals surface area (Å²) in [5, 5.41) is 3.24. The van der Waals surface area contributed by atoms with Gasteiger partial charge in [-0.05, 0) is 18.2 Å². The molecule has 0 aliphatic carbocycles. The number of pyridine rings is 1. The van der Waals surface area contributed by atoms with E-state index in [1.807, 2.05) is 38.1 Å². The smallest absolute Gasteiger partial charge is 0.128 e. The molecule has 0 unspecified atom stereocenters. The van der Waals surface area contributed by atoms with Crippen LogP contribution in [0.4, 0.5) is 4.39 Å². The van der Waals surface area contributed by atoms with Gasteiger partial charge in [-0.25, -0.2) is 4.39 Å². The Hall–Kier alpha value is -1.74. The van der Waals surface area contributed by atoms with Gasteiger partial charge in [0.2, 0.25) is 0 Å². The van der Waals surface area contributed by atoms with Crippen molar-refractivity contribution in [1.29, 1.82) is 0 Å². The highest BCUT2D eigenvalue weighted by molar-refractivity contribution is 5.63. The third-order valence-electron chi connectivity index (χ3n) is 2.75. The zero-order valence-electron chi connectivity index (χ0n) is 10.7. The van der Waals surface area contributed by atoms with Gasteiger partial charge in [-0.15, -0.1) is 0 Å². The minimum absolute atomic E-state index is 0.189. The van der Waals surface area contributed by atoms with Crippen LogP contribution in [0.5, 0.6) is 0 Å². The third kappa shape index (κ3) is 2.93. The van der Waals surface area contributed by atoms with Crippen LogP contribution >= 0.6 is 0 Å². The summed E-state index contributed by atoms with van der Waals surface area (Å²) in [5.41, 5.74) is 2.33. The zero-order chi connectivity index (χ0) is 13.0. The minimum Gasteiger partial charge on any atom is -0.310 e. The normalized spacial score (nSPS) is 10.9. The summed E-state index contributed by atoms with van der Waals surface area (Å²) < 4.78 is 13.9. The molecular formula is C15H17FN2. The molecule has 1 aromatic carbocycles. The molecule has 0 radical (unpaired) electrons. The minimum atomic E-state index is -0.189. The maximum absolute atomic E-state index is 13.9. The van der Waals surface area contributed by atoms with Gasteiger partial charge in [0, 0.05) is 29.9 Å². The SMILES string of the molecule is CC(C)NCc1c(F)cccc1-c1ccccn1. The quantitative estimate of drug-likeness (QED) is 0.891. The van der Waals surface area contributed by atoms with Gasteiger partial charge in [0.25, 0.3) is 0 Å². The van der Waals surface area contributed by atoms with Crippen molar-refractivity contribution in [2.24, 2.45) is 0 Å². The molecule has 0 aliphatic rings.